The molecule has 0 saturated heterocycles. The van der Waals surface area contributed by atoms with Gasteiger partial charge in [0.05, 0.1) is 5.56 Å². The molecule has 0 atom stereocenters. The molecule has 1 aromatic carbocycles. The van der Waals surface area contributed by atoms with Gasteiger partial charge in [0.1, 0.15) is 5.82 Å². The first-order chi connectivity index (χ1) is 11.1. The van der Waals surface area contributed by atoms with Crippen LogP contribution in [0.4, 0.5) is 0 Å². The number of hydrogen-bond donors (Lipinski definition) is 2. The maximum Gasteiger partial charge on any atom is 0.335 e. The van der Waals surface area contributed by atoms with E-state index in [0.717, 1.165) is 11.4 Å². The number of carbonyl (C=O) groups is 2. The largest absolute Gasteiger partial charge is 0.478 e. The Morgan fingerprint density at radius 2 is 1.70 bits per heavy atom. The van der Waals surface area contributed by atoms with E-state index in [1.165, 1.54) is 37.1 Å². The molecule has 0 aliphatic heterocycles. The lowest BCUT2D eigenvalue weighted by molar-refractivity contribution is 0.0696. The van der Waals surface area contributed by atoms with Crippen molar-refractivity contribution in [2.45, 2.75) is 25.2 Å². The Hall–Kier alpha value is -2.76. The molecule has 2 aromatic rings. The second-order valence-electron chi connectivity index (χ2n) is 5.61. The summed E-state index contributed by atoms with van der Waals surface area (Å²) in [4.78, 5) is 31.4. The van der Waals surface area contributed by atoms with Crippen molar-refractivity contribution >= 4 is 11.9 Å². The average molecular weight is 311 g/mol. The molecule has 1 heterocycles. The van der Waals surface area contributed by atoms with Gasteiger partial charge in [-0.25, -0.2) is 14.8 Å². The highest BCUT2D eigenvalue weighted by Crippen LogP contribution is 2.37. The molecule has 1 fully saturated rings. The second kappa shape index (κ2) is 6.56. The van der Waals surface area contributed by atoms with E-state index >= 15 is 0 Å². The highest BCUT2D eigenvalue weighted by atomic mass is 16.4. The third kappa shape index (κ3) is 3.91. The zero-order valence-electron chi connectivity index (χ0n) is 12.5. The van der Waals surface area contributed by atoms with Crippen LogP contribution < -0.4 is 5.32 Å². The number of amides is 1. The zero-order chi connectivity index (χ0) is 16.2. The van der Waals surface area contributed by atoms with Crippen LogP contribution in [0.15, 0.2) is 36.7 Å². The molecular formula is C17H17N3O3. The van der Waals surface area contributed by atoms with Crippen molar-refractivity contribution in [1.82, 2.24) is 15.3 Å². The third-order valence-corrected chi connectivity index (χ3v) is 3.76. The van der Waals surface area contributed by atoms with Crippen molar-refractivity contribution in [1.29, 1.82) is 0 Å². The minimum Gasteiger partial charge on any atom is -0.478 e. The topological polar surface area (TPSA) is 92.2 Å². The summed E-state index contributed by atoms with van der Waals surface area (Å²) >= 11 is 0. The number of hydrogen-bond acceptors (Lipinski definition) is 4. The number of aromatic carboxylic acids is 1. The summed E-state index contributed by atoms with van der Waals surface area (Å²) in [6, 6.07) is 5.85. The van der Waals surface area contributed by atoms with Crippen LogP contribution in [0.3, 0.4) is 0 Å². The van der Waals surface area contributed by atoms with Crippen LogP contribution in [-0.4, -0.2) is 33.5 Å². The quantitative estimate of drug-likeness (QED) is 0.851. The molecule has 1 aliphatic rings. The monoisotopic (exact) mass is 311 g/mol. The van der Waals surface area contributed by atoms with Crippen molar-refractivity contribution in [3.63, 3.8) is 0 Å². The van der Waals surface area contributed by atoms with Crippen LogP contribution in [0.5, 0.6) is 0 Å². The predicted octanol–water partition coefficient (Wildman–Crippen LogP) is 2.02. The van der Waals surface area contributed by atoms with E-state index in [-0.39, 0.29) is 11.5 Å². The summed E-state index contributed by atoms with van der Waals surface area (Å²) in [5.41, 5.74) is 1.58. The summed E-state index contributed by atoms with van der Waals surface area (Å²) < 4.78 is 0. The minimum atomic E-state index is -1.01. The molecular weight excluding hydrogens is 294 g/mol. The normalized spacial score (nSPS) is 13.6. The molecule has 6 nitrogen and oxygen atoms in total. The summed E-state index contributed by atoms with van der Waals surface area (Å²) in [6.45, 7) is 0.478. The number of carboxylic acid groups (broad SMARTS) is 1. The van der Waals surface area contributed by atoms with E-state index in [2.05, 4.69) is 15.3 Å². The molecule has 0 bridgehead atoms. The maximum absolute atomic E-state index is 12.0. The van der Waals surface area contributed by atoms with Gasteiger partial charge >= 0.3 is 5.97 Å². The Bertz CT molecular complexity index is 707. The molecule has 6 heteroatoms. The standard InChI is InChI=1S/C17H17N3O3/c21-16(13-3-5-14(6-4-13)17(22)23)18-8-7-11-9-19-15(20-10-11)12-1-2-12/h3-6,9-10,12H,1-2,7-8H2,(H,18,21)(H,22,23). The summed E-state index contributed by atoms with van der Waals surface area (Å²) in [5, 5.41) is 11.6. The van der Waals surface area contributed by atoms with E-state index in [1.807, 2.05) is 12.4 Å². The van der Waals surface area contributed by atoms with E-state index in [4.69, 9.17) is 5.11 Å². The summed E-state index contributed by atoms with van der Waals surface area (Å²) in [6.07, 6.45) is 6.64. The second-order valence-corrected chi connectivity index (χ2v) is 5.61. The van der Waals surface area contributed by atoms with Crippen LogP contribution >= 0.6 is 0 Å². The van der Waals surface area contributed by atoms with Crippen molar-refractivity contribution in [2.24, 2.45) is 0 Å². The van der Waals surface area contributed by atoms with Gasteiger partial charge in [-0.3, -0.25) is 4.79 Å². The first kappa shape index (κ1) is 15.1. The number of nitrogens with zero attached hydrogens (tertiary/aromatic N) is 2. The Balaban J connectivity index is 1.49. The van der Waals surface area contributed by atoms with Gasteiger partial charge in [-0.2, -0.15) is 0 Å². The van der Waals surface area contributed by atoms with E-state index in [9.17, 15) is 9.59 Å². The molecule has 1 saturated carbocycles. The fourth-order valence-corrected chi connectivity index (χ4v) is 2.23. The van der Waals surface area contributed by atoms with Gasteiger partial charge in [0, 0.05) is 30.4 Å². The van der Waals surface area contributed by atoms with Gasteiger partial charge in [-0.15, -0.1) is 0 Å². The average Bonchev–Trinajstić information content (AvgIpc) is 3.40. The predicted molar refractivity (Wildman–Crippen MR) is 83.4 cm³/mol. The van der Waals surface area contributed by atoms with Gasteiger partial charge < -0.3 is 10.4 Å². The Morgan fingerprint density at radius 3 is 2.26 bits per heavy atom. The fourth-order valence-electron chi connectivity index (χ4n) is 2.23. The lowest BCUT2D eigenvalue weighted by Crippen LogP contribution is -2.25. The van der Waals surface area contributed by atoms with E-state index in [0.29, 0.717) is 24.4 Å². The number of carbonyl (C=O) groups excluding carboxylic acids is 1. The van der Waals surface area contributed by atoms with Crippen LogP contribution in [0.25, 0.3) is 0 Å². The SMILES string of the molecule is O=C(O)c1ccc(C(=O)NCCc2cnc(C3CC3)nc2)cc1. The first-order valence-corrected chi connectivity index (χ1v) is 7.56. The maximum atomic E-state index is 12.0. The lowest BCUT2D eigenvalue weighted by atomic mass is 10.1. The van der Waals surface area contributed by atoms with Crippen molar-refractivity contribution < 1.29 is 14.7 Å². The van der Waals surface area contributed by atoms with Crippen molar-refractivity contribution in [3.05, 3.63) is 59.2 Å². The molecule has 0 unspecified atom stereocenters. The summed E-state index contributed by atoms with van der Waals surface area (Å²) in [5.74, 6) is 0.220. The number of aromatic nitrogens is 2. The van der Waals surface area contributed by atoms with Crippen molar-refractivity contribution in [3.8, 4) is 0 Å². The molecule has 23 heavy (non-hydrogen) atoms. The van der Waals surface area contributed by atoms with Gasteiger partial charge in [0.2, 0.25) is 0 Å². The number of carboxylic acids is 1. The molecule has 0 spiro atoms. The molecule has 2 N–H and O–H groups in total. The third-order valence-electron chi connectivity index (χ3n) is 3.76. The highest BCUT2D eigenvalue weighted by molar-refractivity contribution is 5.95. The molecule has 3 rings (SSSR count). The van der Waals surface area contributed by atoms with Crippen LogP contribution in [-0.2, 0) is 6.42 Å². The number of rotatable bonds is 6. The van der Waals surface area contributed by atoms with Crippen molar-refractivity contribution in [2.75, 3.05) is 6.54 Å². The molecule has 1 aromatic heterocycles. The lowest BCUT2D eigenvalue weighted by Gasteiger charge is -2.06. The van der Waals surface area contributed by atoms with Gasteiger partial charge in [-0.05, 0) is 49.1 Å². The Morgan fingerprint density at radius 1 is 1.09 bits per heavy atom. The highest BCUT2D eigenvalue weighted by Gasteiger charge is 2.25. The summed E-state index contributed by atoms with van der Waals surface area (Å²) in [7, 11) is 0. The first-order valence-electron chi connectivity index (χ1n) is 7.56. The molecule has 1 aliphatic carbocycles. The van der Waals surface area contributed by atoms with Gasteiger partial charge in [0.15, 0.2) is 0 Å². The van der Waals surface area contributed by atoms with Gasteiger partial charge in [0.25, 0.3) is 5.91 Å². The fraction of sp³-hybridized carbons (Fsp3) is 0.294. The van der Waals surface area contributed by atoms with E-state index in [1.54, 1.807) is 0 Å². The molecule has 118 valence electrons. The van der Waals surface area contributed by atoms with E-state index < -0.39 is 5.97 Å². The Labute approximate surface area is 133 Å². The van der Waals surface area contributed by atoms with Crippen LogP contribution in [0.1, 0.15) is 50.9 Å². The number of nitrogens with one attached hydrogen (secondary N) is 1. The molecule has 0 radical (unpaired) electrons. The smallest absolute Gasteiger partial charge is 0.335 e. The number of benzene rings is 1. The van der Waals surface area contributed by atoms with Crippen LogP contribution in [0, 0.1) is 0 Å². The van der Waals surface area contributed by atoms with Gasteiger partial charge in [-0.1, -0.05) is 0 Å². The Kier molecular flexibility index (Phi) is 4.32. The molecule has 1 amide bonds. The minimum absolute atomic E-state index is 0.162. The van der Waals surface area contributed by atoms with Crippen LogP contribution in [0.2, 0.25) is 0 Å². The zero-order valence-corrected chi connectivity index (χ0v) is 12.5.